The molecule has 1 aromatic heterocycles. The third kappa shape index (κ3) is 4.08. The van der Waals surface area contributed by atoms with Gasteiger partial charge in [0.1, 0.15) is 0 Å². The number of nitrogens with one attached hydrogen (secondary N) is 1. The van der Waals surface area contributed by atoms with Gasteiger partial charge in [0.15, 0.2) is 5.96 Å². The molecule has 0 atom stereocenters. The lowest BCUT2D eigenvalue weighted by molar-refractivity contribution is 0.369. The molecule has 6 nitrogen and oxygen atoms in total. The summed E-state index contributed by atoms with van der Waals surface area (Å²) in [6, 6.07) is 1.85. The lowest BCUT2D eigenvalue weighted by Crippen LogP contribution is -2.53. The van der Waals surface area contributed by atoms with E-state index in [1.807, 2.05) is 13.1 Å². The van der Waals surface area contributed by atoms with E-state index in [-0.39, 0.29) is 0 Å². The Labute approximate surface area is 132 Å². The summed E-state index contributed by atoms with van der Waals surface area (Å²) in [6.07, 6.45) is 9.10. The Bertz CT molecular complexity index is 477. The van der Waals surface area contributed by atoms with Gasteiger partial charge in [0.25, 0.3) is 0 Å². The minimum absolute atomic E-state index is 0.828. The van der Waals surface area contributed by atoms with Crippen molar-refractivity contribution in [3.8, 4) is 0 Å². The predicted molar refractivity (Wildman–Crippen MR) is 89.1 cm³/mol. The lowest BCUT2D eigenvalue weighted by atomic mass is 10.2. The summed E-state index contributed by atoms with van der Waals surface area (Å²) in [5.41, 5.74) is 0. The maximum Gasteiger partial charge on any atom is 0.225 e. The minimum atomic E-state index is 0.828. The molecule has 1 N–H and O–H groups in total. The van der Waals surface area contributed by atoms with Gasteiger partial charge in [-0.2, -0.15) is 0 Å². The van der Waals surface area contributed by atoms with Crippen LogP contribution >= 0.6 is 0 Å². The van der Waals surface area contributed by atoms with Crippen LogP contribution in [-0.2, 0) is 0 Å². The Morgan fingerprint density at radius 1 is 1.23 bits per heavy atom. The molecule has 0 radical (unpaired) electrons. The largest absolute Gasteiger partial charge is 0.356 e. The summed E-state index contributed by atoms with van der Waals surface area (Å²) in [6.45, 7) is 4.83. The highest BCUT2D eigenvalue weighted by atomic mass is 15.4. The standard InChI is InChI=1S/C16H26N6/c1-17-15(18-7-2-4-14-5-6-14)21-10-12-22(13-11-21)16-19-8-3-9-20-16/h3,8-9,14H,2,4-7,10-13H2,1H3,(H,17,18). The molecule has 0 aromatic carbocycles. The van der Waals surface area contributed by atoms with Gasteiger partial charge in [0.05, 0.1) is 0 Å². The summed E-state index contributed by atoms with van der Waals surface area (Å²) in [7, 11) is 1.87. The van der Waals surface area contributed by atoms with Gasteiger partial charge >= 0.3 is 0 Å². The molecule has 1 saturated heterocycles. The van der Waals surface area contributed by atoms with Crippen LogP contribution < -0.4 is 10.2 Å². The summed E-state index contributed by atoms with van der Waals surface area (Å²) in [4.78, 5) is 17.6. The highest BCUT2D eigenvalue weighted by Crippen LogP contribution is 2.33. The molecule has 0 bridgehead atoms. The molecular weight excluding hydrogens is 276 g/mol. The fourth-order valence-electron chi connectivity index (χ4n) is 2.90. The van der Waals surface area contributed by atoms with Gasteiger partial charge in [0, 0.05) is 52.2 Å². The molecule has 2 aliphatic rings. The second kappa shape index (κ2) is 7.42. The van der Waals surface area contributed by atoms with Crippen molar-refractivity contribution >= 4 is 11.9 Å². The summed E-state index contributed by atoms with van der Waals surface area (Å²) in [5, 5.41) is 3.50. The first-order valence-electron chi connectivity index (χ1n) is 8.34. The van der Waals surface area contributed by atoms with Crippen molar-refractivity contribution in [1.82, 2.24) is 20.2 Å². The Morgan fingerprint density at radius 3 is 2.59 bits per heavy atom. The zero-order chi connectivity index (χ0) is 15.2. The number of piperazine rings is 1. The van der Waals surface area contributed by atoms with E-state index in [1.54, 1.807) is 12.4 Å². The summed E-state index contributed by atoms with van der Waals surface area (Å²) >= 11 is 0. The van der Waals surface area contributed by atoms with E-state index in [4.69, 9.17) is 0 Å². The van der Waals surface area contributed by atoms with Crippen LogP contribution in [0.5, 0.6) is 0 Å². The average molecular weight is 302 g/mol. The summed E-state index contributed by atoms with van der Waals surface area (Å²) in [5.74, 6) is 2.87. The topological polar surface area (TPSA) is 56.7 Å². The Kier molecular flexibility index (Phi) is 5.08. The molecule has 120 valence electrons. The number of nitrogens with zero attached hydrogens (tertiary/aromatic N) is 5. The molecule has 0 spiro atoms. The molecule has 0 amide bonds. The van der Waals surface area contributed by atoms with Gasteiger partial charge in [0.2, 0.25) is 5.95 Å². The second-order valence-electron chi connectivity index (χ2n) is 6.08. The number of aliphatic imine (C=N–C) groups is 1. The fraction of sp³-hybridized carbons (Fsp3) is 0.688. The van der Waals surface area contributed by atoms with E-state index in [1.165, 1.54) is 25.7 Å². The number of rotatable bonds is 5. The third-order valence-electron chi connectivity index (χ3n) is 4.40. The second-order valence-corrected chi connectivity index (χ2v) is 6.08. The highest BCUT2D eigenvalue weighted by molar-refractivity contribution is 5.80. The van der Waals surface area contributed by atoms with E-state index < -0.39 is 0 Å². The quantitative estimate of drug-likeness (QED) is 0.506. The molecule has 2 fully saturated rings. The zero-order valence-electron chi connectivity index (χ0n) is 13.4. The van der Waals surface area contributed by atoms with Crippen LogP contribution in [0, 0.1) is 5.92 Å². The molecule has 22 heavy (non-hydrogen) atoms. The Hall–Kier alpha value is -1.85. The van der Waals surface area contributed by atoms with Crippen molar-refractivity contribution in [2.45, 2.75) is 25.7 Å². The SMILES string of the molecule is CN=C(NCCCC1CC1)N1CCN(c2ncccn2)CC1. The number of aromatic nitrogens is 2. The van der Waals surface area contributed by atoms with Crippen molar-refractivity contribution in [1.29, 1.82) is 0 Å². The lowest BCUT2D eigenvalue weighted by Gasteiger charge is -2.36. The molecule has 1 aromatic rings. The molecule has 1 aliphatic carbocycles. The van der Waals surface area contributed by atoms with Gasteiger partial charge in [-0.3, -0.25) is 4.99 Å². The normalized spacial score (nSPS) is 19.4. The molecule has 1 aliphatic heterocycles. The van der Waals surface area contributed by atoms with Crippen LogP contribution in [0.25, 0.3) is 0 Å². The first-order chi connectivity index (χ1) is 10.9. The van der Waals surface area contributed by atoms with Gasteiger partial charge in [-0.25, -0.2) is 9.97 Å². The molecular formula is C16H26N6. The van der Waals surface area contributed by atoms with E-state index in [9.17, 15) is 0 Å². The van der Waals surface area contributed by atoms with Gasteiger partial charge in [-0.05, 0) is 24.8 Å². The smallest absolute Gasteiger partial charge is 0.225 e. The number of anilines is 1. The minimum Gasteiger partial charge on any atom is -0.356 e. The van der Waals surface area contributed by atoms with Gasteiger partial charge in [-0.15, -0.1) is 0 Å². The molecule has 2 heterocycles. The molecule has 1 saturated carbocycles. The average Bonchev–Trinajstić information content (AvgIpc) is 3.40. The molecule has 3 rings (SSSR count). The molecule has 6 heteroatoms. The van der Waals surface area contributed by atoms with Crippen LogP contribution in [0.1, 0.15) is 25.7 Å². The first kappa shape index (κ1) is 15.1. The summed E-state index contributed by atoms with van der Waals surface area (Å²) < 4.78 is 0. The van der Waals surface area contributed by atoms with Crippen molar-refractivity contribution in [3.05, 3.63) is 18.5 Å². The Balaban J connectivity index is 1.42. The van der Waals surface area contributed by atoms with Crippen LogP contribution in [-0.4, -0.2) is 60.6 Å². The number of hydrogen-bond donors (Lipinski definition) is 1. The molecule has 0 unspecified atom stereocenters. The van der Waals surface area contributed by atoms with Crippen LogP contribution in [0.3, 0.4) is 0 Å². The van der Waals surface area contributed by atoms with Gasteiger partial charge < -0.3 is 15.1 Å². The highest BCUT2D eigenvalue weighted by Gasteiger charge is 2.22. The van der Waals surface area contributed by atoms with E-state index in [0.717, 1.165) is 50.5 Å². The third-order valence-corrected chi connectivity index (χ3v) is 4.40. The maximum atomic E-state index is 4.42. The monoisotopic (exact) mass is 302 g/mol. The number of hydrogen-bond acceptors (Lipinski definition) is 4. The van der Waals surface area contributed by atoms with Crippen molar-refractivity contribution in [2.24, 2.45) is 10.9 Å². The van der Waals surface area contributed by atoms with Gasteiger partial charge in [-0.1, -0.05) is 12.8 Å². The first-order valence-corrected chi connectivity index (χ1v) is 8.34. The number of guanidine groups is 1. The van der Waals surface area contributed by atoms with Crippen molar-refractivity contribution < 1.29 is 0 Å². The Morgan fingerprint density at radius 2 is 1.95 bits per heavy atom. The van der Waals surface area contributed by atoms with E-state index in [0.29, 0.717) is 0 Å². The van der Waals surface area contributed by atoms with Crippen LogP contribution in [0.4, 0.5) is 5.95 Å². The van der Waals surface area contributed by atoms with Crippen LogP contribution in [0.15, 0.2) is 23.5 Å². The van der Waals surface area contributed by atoms with Crippen molar-refractivity contribution in [3.63, 3.8) is 0 Å². The fourth-order valence-corrected chi connectivity index (χ4v) is 2.90. The van der Waals surface area contributed by atoms with Crippen LogP contribution in [0.2, 0.25) is 0 Å². The zero-order valence-corrected chi connectivity index (χ0v) is 13.4. The predicted octanol–water partition coefficient (Wildman–Crippen LogP) is 1.36. The maximum absolute atomic E-state index is 4.42. The van der Waals surface area contributed by atoms with E-state index >= 15 is 0 Å². The van der Waals surface area contributed by atoms with Crippen molar-refractivity contribution in [2.75, 3.05) is 44.7 Å². The van der Waals surface area contributed by atoms with E-state index in [2.05, 4.69) is 30.1 Å².